The van der Waals surface area contributed by atoms with Gasteiger partial charge >= 0.3 is 6.03 Å². The molecule has 1 saturated heterocycles. The normalized spacial score (nSPS) is 15.3. The van der Waals surface area contributed by atoms with E-state index in [4.69, 9.17) is 0 Å². The first kappa shape index (κ1) is 21.0. The van der Waals surface area contributed by atoms with Crippen LogP contribution in [0.1, 0.15) is 30.1 Å². The highest BCUT2D eigenvalue weighted by Gasteiger charge is 2.29. The summed E-state index contributed by atoms with van der Waals surface area (Å²) in [6, 6.07) is 14.7. The van der Waals surface area contributed by atoms with Crippen molar-refractivity contribution in [2.24, 2.45) is 5.92 Å². The lowest BCUT2D eigenvalue weighted by atomic mass is 9.94. The van der Waals surface area contributed by atoms with Gasteiger partial charge in [-0.25, -0.2) is 9.18 Å². The number of hydrogen-bond acceptors (Lipinski definition) is 4. The van der Waals surface area contributed by atoms with Crippen molar-refractivity contribution in [3.63, 3.8) is 0 Å². The Balaban J connectivity index is 1.39. The van der Waals surface area contributed by atoms with Gasteiger partial charge in [-0.2, -0.15) is 0 Å². The van der Waals surface area contributed by atoms with Crippen LogP contribution in [0.25, 0.3) is 0 Å². The number of rotatable bonds is 5. The lowest BCUT2D eigenvalue weighted by molar-refractivity contribution is -0.126. The molecule has 0 radical (unpaired) electrons. The second-order valence-corrected chi connectivity index (χ2v) is 8.36. The topological polar surface area (TPSA) is 74.3 Å². The van der Waals surface area contributed by atoms with Gasteiger partial charge in [0.15, 0.2) is 0 Å². The van der Waals surface area contributed by atoms with Crippen LogP contribution in [-0.4, -0.2) is 34.9 Å². The summed E-state index contributed by atoms with van der Waals surface area (Å²) < 4.78 is 13.4. The van der Waals surface area contributed by atoms with E-state index in [1.807, 2.05) is 35.7 Å². The molecule has 8 heteroatoms. The Hall–Kier alpha value is -3.26. The standard InChI is InChI=1S/C23H23FN4O2S/c24-18-8-6-16(7-9-18)21(19-4-1-2-12-25-19)27-22(29)17-10-13-28(14-11-17)23(30)26-20-5-3-15-31-20/h1-9,12,15,17,21H,10-11,13-14H2,(H,26,30)(H,27,29). The third kappa shape index (κ3) is 5.27. The summed E-state index contributed by atoms with van der Waals surface area (Å²) in [4.78, 5) is 31.5. The van der Waals surface area contributed by atoms with Crippen molar-refractivity contribution in [3.05, 3.63) is 83.2 Å². The number of anilines is 1. The lowest BCUT2D eigenvalue weighted by Crippen LogP contribution is -2.45. The molecule has 0 bridgehead atoms. The molecule has 1 aliphatic rings. The minimum Gasteiger partial charge on any atom is -0.343 e. The van der Waals surface area contributed by atoms with Gasteiger partial charge in [0.2, 0.25) is 5.91 Å². The first-order chi connectivity index (χ1) is 15.1. The maximum Gasteiger partial charge on any atom is 0.322 e. The van der Waals surface area contributed by atoms with Crippen molar-refractivity contribution >= 4 is 28.3 Å². The van der Waals surface area contributed by atoms with Gasteiger partial charge < -0.3 is 10.2 Å². The minimum atomic E-state index is -0.463. The van der Waals surface area contributed by atoms with E-state index < -0.39 is 6.04 Å². The van der Waals surface area contributed by atoms with Crippen LogP contribution in [0.2, 0.25) is 0 Å². The highest BCUT2D eigenvalue weighted by Crippen LogP contribution is 2.24. The molecule has 1 atom stereocenters. The summed E-state index contributed by atoms with van der Waals surface area (Å²) in [5.41, 5.74) is 1.46. The van der Waals surface area contributed by atoms with E-state index in [1.54, 1.807) is 23.2 Å². The third-order valence-corrected chi connectivity index (χ3v) is 6.16. The Bertz CT molecular complexity index is 1000. The smallest absolute Gasteiger partial charge is 0.322 e. The van der Waals surface area contributed by atoms with Crippen molar-refractivity contribution in [3.8, 4) is 0 Å². The fraction of sp³-hybridized carbons (Fsp3) is 0.261. The zero-order chi connectivity index (χ0) is 21.6. The molecule has 0 saturated carbocycles. The summed E-state index contributed by atoms with van der Waals surface area (Å²) in [5, 5.41) is 8.68. The number of amides is 3. The van der Waals surface area contributed by atoms with Crippen molar-refractivity contribution in [1.29, 1.82) is 0 Å². The van der Waals surface area contributed by atoms with E-state index in [0.717, 1.165) is 10.6 Å². The number of hydrogen-bond donors (Lipinski definition) is 2. The summed E-state index contributed by atoms with van der Waals surface area (Å²) in [7, 11) is 0. The first-order valence-electron chi connectivity index (χ1n) is 10.2. The number of thiophene rings is 1. The molecule has 6 nitrogen and oxygen atoms in total. The van der Waals surface area contributed by atoms with Crippen molar-refractivity contribution in [2.45, 2.75) is 18.9 Å². The van der Waals surface area contributed by atoms with Crippen LogP contribution in [0.4, 0.5) is 14.2 Å². The van der Waals surface area contributed by atoms with Crippen LogP contribution < -0.4 is 10.6 Å². The molecule has 3 amide bonds. The highest BCUT2D eigenvalue weighted by atomic mass is 32.1. The second kappa shape index (κ2) is 9.70. The SMILES string of the molecule is O=C(NC(c1ccc(F)cc1)c1ccccn1)C1CCN(C(=O)Nc2cccs2)CC1. The van der Waals surface area contributed by atoms with Crippen LogP contribution >= 0.6 is 11.3 Å². The summed E-state index contributed by atoms with van der Waals surface area (Å²) in [6.45, 7) is 1.03. The van der Waals surface area contributed by atoms with Gasteiger partial charge in [-0.3, -0.25) is 15.1 Å². The van der Waals surface area contributed by atoms with E-state index in [2.05, 4.69) is 15.6 Å². The molecule has 3 heterocycles. The maximum absolute atomic E-state index is 13.4. The molecule has 1 aliphatic heterocycles. The van der Waals surface area contributed by atoms with Crippen LogP contribution in [0.5, 0.6) is 0 Å². The lowest BCUT2D eigenvalue weighted by Gasteiger charge is -2.32. The molecule has 2 aromatic heterocycles. The van der Waals surface area contributed by atoms with Crippen LogP contribution in [0.3, 0.4) is 0 Å². The quantitative estimate of drug-likeness (QED) is 0.619. The Morgan fingerprint density at radius 1 is 1.06 bits per heavy atom. The van der Waals surface area contributed by atoms with E-state index in [0.29, 0.717) is 31.6 Å². The second-order valence-electron chi connectivity index (χ2n) is 7.42. The predicted octanol–water partition coefficient (Wildman–Crippen LogP) is 4.43. The largest absolute Gasteiger partial charge is 0.343 e. The number of nitrogens with one attached hydrogen (secondary N) is 2. The van der Waals surface area contributed by atoms with E-state index in [9.17, 15) is 14.0 Å². The summed E-state index contributed by atoms with van der Waals surface area (Å²) in [6.07, 6.45) is 2.84. The molecule has 2 N–H and O–H groups in total. The summed E-state index contributed by atoms with van der Waals surface area (Å²) >= 11 is 1.47. The molecule has 1 fully saturated rings. The van der Waals surface area contributed by atoms with Gasteiger partial charge in [-0.1, -0.05) is 18.2 Å². The number of likely N-dealkylation sites (tertiary alicyclic amines) is 1. The Labute approximate surface area is 184 Å². The van der Waals surface area contributed by atoms with Gasteiger partial charge in [-0.05, 0) is 60.2 Å². The zero-order valence-electron chi connectivity index (χ0n) is 16.8. The minimum absolute atomic E-state index is 0.0849. The van der Waals surface area contributed by atoms with Gasteiger partial charge in [-0.15, -0.1) is 11.3 Å². The average molecular weight is 439 g/mol. The number of carbonyl (C=O) groups excluding carboxylic acids is 2. The number of piperidine rings is 1. The highest BCUT2D eigenvalue weighted by molar-refractivity contribution is 7.14. The molecule has 4 rings (SSSR count). The van der Waals surface area contributed by atoms with Gasteiger partial charge in [0, 0.05) is 25.2 Å². The Morgan fingerprint density at radius 2 is 1.84 bits per heavy atom. The molecule has 1 aromatic carbocycles. The fourth-order valence-corrected chi connectivity index (χ4v) is 4.28. The monoisotopic (exact) mass is 438 g/mol. The molecule has 0 spiro atoms. The number of aromatic nitrogens is 1. The van der Waals surface area contributed by atoms with Gasteiger partial charge in [0.25, 0.3) is 0 Å². The Kier molecular flexibility index (Phi) is 6.57. The van der Waals surface area contributed by atoms with Crippen LogP contribution in [-0.2, 0) is 4.79 Å². The maximum atomic E-state index is 13.4. The van der Waals surface area contributed by atoms with Crippen molar-refractivity contribution < 1.29 is 14.0 Å². The van der Waals surface area contributed by atoms with Crippen molar-refractivity contribution in [1.82, 2.24) is 15.2 Å². The molecule has 31 heavy (non-hydrogen) atoms. The summed E-state index contributed by atoms with van der Waals surface area (Å²) in [5.74, 6) is -0.612. The number of nitrogens with zero attached hydrogens (tertiary/aromatic N) is 2. The molecule has 160 valence electrons. The van der Waals surface area contributed by atoms with Gasteiger partial charge in [0.05, 0.1) is 16.7 Å². The van der Waals surface area contributed by atoms with E-state index >= 15 is 0 Å². The molecular formula is C23H23FN4O2S. The number of carbonyl (C=O) groups is 2. The zero-order valence-corrected chi connectivity index (χ0v) is 17.6. The fourth-order valence-electron chi connectivity index (χ4n) is 3.67. The number of benzene rings is 1. The molecule has 1 unspecified atom stereocenters. The van der Waals surface area contributed by atoms with Crippen molar-refractivity contribution in [2.75, 3.05) is 18.4 Å². The van der Waals surface area contributed by atoms with Gasteiger partial charge in [0.1, 0.15) is 5.82 Å². The first-order valence-corrected chi connectivity index (χ1v) is 11.0. The number of urea groups is 1. The van der Waals surface area contributed by atoms with E-state index in [1.165, 1.54) is 23.5 Å². The number of pyridine rings is 1. The molecule has 3 aromatic rings. The van der Waals surface area contributed by atoms with E-state index in [-0.39, 0.29) is 23.7 Å². The third-order valence-electron chi connectivity index (χ3n) is 5.38. The molecule has 0 aliphatic carbocycles. The van der Waals surface area contributed by atoms with Crippen LogP contribution in [0, 0.1) is 11.7 Å². The Morgan fingerprint density at radius 3 is 2.48 bits per heavy atom. The van der Waals surface area contributed by atoms with Crippen LogP contribution in [0.15, 0.2) is 66.2 Å². The number of halogens is 1. The predicted molar refractivity (Wildman–Crippen MR) is 118 cm³/mol. The molecular weight excluding hydrogens is 415 g/mol. The average Bonchev–Trinajstić information content (AvgIpc) is 3.32.